The number of piperidine rings is 1. The van der Waals surface area contributed by atoms with Crippen LogP contribution in [0.2, 0.25) is 0 Å². The van der Waals surface area contributed by atoms with E-state index in [0.717, 1.165) is 9.80 Å². The maximum Gasteiger partial charge on any atom is 0.329 e. The van der Waals surface area contributed by atoms with E-state index in [1.165, 1.54) is 20.9 Å². The van der Waals surface area contributed by atoms with Crippen molar-refractivity contribution in [3.63, 3.8) is 0 Å². The zero-order valence-electron chi connectivity index (χ0n) is 12.3. The first-order chi connectivity index (χ1) is 9.60. The van der Waals surface area contributed by atoms with E-state index >= 15 is 0 Å². The molecule has 1 heterocycles. The fourth-order valence-electron chi connectivity index (χ4n) is 2.10. The van der Waals surface area contributed by atoms with Crippen LogP contribution >= 0.6 is 0 Å². The number of carboxylic acids is 2. The van der Waals surface area contributed by atoms with Crippen molar-refractivity contribution in [3.05, 3.63) is 0 Å². The maximum atomic E-state index is 12.2. The van der Waals surface area contributed by atoms with Crippen molar-refractivity contribution in [2.75, 3.05) is 13.6 Å². The minimum absolute atomic E-state index is 0.183. The molecule has 2 amide bonds. The Hall–Kier alpha value is -2.12. The van der Waals surface area contributed by atoms with Gasteiger partial charge in [-0.15, -0.1) is 0 Å². The zero-order chi connectivity index (χ0) is 16.4. The minimum atomic E-state index is -1.55. The molecule has 0 saturated carbocycles. The van der Waals surface area contributed by atoms with Crippen molar-refractivity contribution in [1.29, 1.82) is 0 Å². The number of carbonyl (C=O) groups is 4. The summed E-state index contributed by atoms with van der Waals surface area (Å²) in [6.45, 7) is 2.78. The second-order valence-corrected chi connectivity index (χ2v) is 5.58. The van der Waals surface area contributed by atoms with E-state index in [2.05, 4.69) is 0 Å². The van der Waals surface area contributed by atoms with E-state index < -0.39 is 35.3 Å². The van der Waals surface area contributed by atoms with Gasteiger partial charge < -0.3 is 20.0 Å². The molecule has 0 bridgehead atoms. The molecule has 8 heteroatoms. The van der Waals surface area contributed by atoms with Crippen LogP contribution in [0.1, 0.15) is 33.1 Å². The van der Waals surface area contributed by atoms with E-state index in [1.54, 1.807) is 0 Å². The average molecular weight is 300 g/mol. The Labute approximate surface area is 122 Å². The molecule has 1 fully saturated rings. The van der Waals surface area contributed by atoms with Gasteiger partial charge in [0.05, 0.1) is 0 Å². The molecular formula is C13H20N2O6. The summed E-state index contributed by atoms with van der Waals surface area (Å²) in [5.41, 5.74) is -1.55. The van der Waals surface area contributed by atoms with Gasteiger partial charge in [0, 0.05) is 13.6 Å². The van der Waals surface area contributed by atoms with E-state index in [1.807, 2.05) is 0 Å². The van der Waals surface area contributed by atoms with Crippen molar-refractivity contribution in [1.82, 2.24) is 9.80 Å². The standard InChI is InChI=1S/C13H20N2O6/c1-13(2,12(20)21)14(3)9(16)10(17)15-7-5-4-6-8(15)11(18)19/h8H,4-7H2,1-3H3,(H,18,19)(H,20,21)/t8-/m1/s1. The van der Waals surface area contributed by atoms with Crippen LogP contribution < -0.4 is 0 Å². The minimum Gasteiger partial charge on any atom is -0.480 e. The van der Waals surface area contributed by atoms with Gasteiger partial charge in [0.15, 0.2) is 0 Å². The average Bonchev–Trinajstić information content (AvgIpc) is 2.44. The SMILES string of the molecule is CN(C(=O)C(=O)N1CCCC[C@@H]1C(=O)O)C(C)(C)C(=O)O. The van der Waals surface area contributed by atoms with Gasteiger partial charge in [-0.05, 0) is 33.1 Å². The molecule has 1 rings (SSSR count). The molecule has 0 aromatic heterocycles. The van der Waals surface area contributed by atoms with E-state index in [0.29, 0.717) is 19.3 Å². The highest BCUT2D eigenvalue weighted by Gasteiger charge is 2.42. The van der Waals surface area contributed by atoms with Gasteiger partial charge >= 0.3 is 23.8 Å². The molecule has 0 aliphatic carbocycles. The van der Waals surface area contributed by atoms with Gasteiger partial charge in [-0.3, -0.25) is 9.59 Å². The van der Waals surface area contributed by atoms with Crippen LogP contribution in [0.3, 0.4) is 0 Å². The Morgan fingerprint density at radius 3 is 2.19 bits per heavy atom. The number of carboxylic acid groups (broad SMARTS) is 2. The number of amides is 2. The quantitative estimate of drug-likeness (QED) is 0.696. The van der Waals surface area contributed by atoms with Crippen LogP contribution in [0.4, 0.5) is 0 Å². The largest absolute Gasteiger partial charge is 0.480 e. The molecule has 0 aromatic carbocycles. The smallest absolute Gasteiger partial charge is 0.329 e. The molecule has 118 valence electrons. The molecule has 21 heavy (non-hydrogen) atoms. The van der Waals surface area contributed by atoms with Crippen LogP contribution in [0.5, 0.6) is 0 Å². The van der Waals surface area contributed by atoms with Crippen LogP contribution in [-0.4, -0.2) is 68.9 Å². The lowest BCUT2D eigenvalue weighted by atomic mass is 10.0. The molecule has 8 nitrogen and oxygen atoms in total. The summed E-state index contributed by atoms with van der Waals surface area (Å²) < 4.78 is 0. The molecule has 1 atom stereocenters. The maximum absolute atomic E-state index is 12.2. The number of rotatable bonds is 3. The summed E-state index contributed by atoms with van der Waals surface area (Å²) in [6, 6.07) is -1.03. The molecular weight excluding hydrogens is 280 g/mol. The highest BCUT2D eigenvalue weighted by atomic mass is 16.4. The molecule has 0 aromatic rings. The lowest BCUT2D eigenvalue weighted by Crippen LogP contribution is -2.58. The van der Waals surface area contributed by atoms with Gasteiger partial charge in [0.2, 0.25) is 0 Å². The molecule has 0 spiro atoms. The van der Waals surface area contributed by atoms with Gasteiger partial charge in [0.1, 0.15) is 11.6 Å². The third-order valence-electron chi connectivity index (χ3n) is 3.90. The zero-order valence-corrected chi connectivity index (χ0v) is 12.3. The number of aliphatic carboxylic acids is 2. The molecule has 0 unspecified atom stereocenters. The normalized spacial score (nSPS) is 19.0. The number of likely N-dealkylation sites (N-methyl/N-ethyl adjacent to an activating group) is 1. The molecule has 1 aliphatic rings. The van der Waals surface area contributed by atoms with Gasteiger partial charge in [-0.1, -0.05) is 0 Å². The predicted molar refractivity (Wildman–Crippen MR) is 71.5 cm³/mol. The summed E-state index contributed by atoms with van der Waals surface area (Å²) >= 11 is 0. The molecule has 1 saturated heterocycles. The summed E-state index contributed by atoms with van der Waals surface area (Å²) in [5.74, 6) is -4.40. The first-order valence-electron chi connectivity index (χ1n) is 6.65. The van der Waals surface area contributed by atoms with Crippen LogP contribution in [0.25, 0.3) is 0 Å². The van der Waals surface area contributed by atoms with Crippen molar-refractivity contribution >= 4 is 23.8 Å². The molecule has 1 aliphatic heterocycles. The Kier molecular flexibility index (Phi) is 4.93. The van der Waals surface area contributed by atoms with Crippen LogP contribution in [-0.2, 0) is 19.2 Å². The number of hydrogen-bond donors (Lipinski definition) is 2. The lowest BCUT2D eigenvalue weighted by molar-refractivity contribution is -0.165. The van der Waals surface area contributed by atoms with Gasteiger partial charge in [0.25, 0.3) is 0 Å². The number of hydrogen-bond acceptors (Lipinski definition) is 4. The Balaban J connectivity index is 2.93. The van der Waals surface area contributed by atoms with Crippen molar-refractivity contribution in [2.45, 2.75) is 44.7 Å². The Morgan fingerprint density at radius 1 is 1.14 bits per heavy atom. The van der Waals surface area contributed by atoms with E-state index in [9.17, 15) is 19.2 Å². The number of likely N-dealkylation sites (tertiary alicyclic amines) is 1. The number of carbonyl (C=O) groups excluding carboxylic acids is 2. The topological polar surface area (TPSA) is 115 Å². The Bertz CT molecular complexity index is 473. The second kappa shape index (κ2) is 6.11. The highest BCUT2D eigenvalue weighted by molar-refractivity contribution is 6.35. The third kappa shape index (κ3) is 3.32. The molecule has 0 radical (unpaired) electrons. The predicted octanol–water partition coefficient (Wildman–Crippen LogP) is -0.226. The summed E-state index contributed by atoms with van der Waals surface area (Å²) in [6.07, 6.45) is 1.58. The van der Waals surface area contributed by atoms with Crippen LogP contribution in [0.15, 0.2) is 0 Å². The highest BCUT2D eigenvalue weighted by Crippen LogP contribution is 2.20. The van der Waals surface area contributed by atoms with E-state index in [4.69, 9.17) is 10.2 Å². The monoisotopic (exact) mass is 300 g/mol. The first kappa shape index (κ1) is 16.9. The third-order valence-corrected chi connectivity index (χ3v) is 3.90. The van der Waals surface area contributed by atoms with Gasteiger partial charge in [-0.2, -0.15) is 0 Å². The summed E-state index contributed by atoms with van der Waals surface area (Å²) in [4.78, 5) is 48.5. The number of nitrogens with zero attached hydrogens (tertiary/aromatic N) is 2. The second-order valence-electron chi connectivity index (χ2n) is 5.58. The van der Waals surface area contributed by atoms with Crippen LogP contribution in [0, 0.1) is 0 Å². The fraction of sp³-hybridized carbons (Fsp3) is 0.692. The van der Waals surface area contributed by atoms with E-state index in [-0.39, 0.29) is 6.54 Å². The lowest BCUT2D eigenvalue weighted by Gasteiger charge is -2.36. The summed E-state index contributed by atoms with van der Waals surface area (Å²) in [5, 5.41) is 18.2. The molecule has 2 N–H and O–H groups in total. The van der Waals surface area contributed by atoms with Crippen molar-refractivity contribution in [2.24, 2.45) is 0 Å². The summed E-state index contributed by atoms with van der Waals surface area (Å²) in [7, 11) is 1.22. The van der Waals surface area contributed by atoms with Gasteiger partial charge in [-0.25, -0.2) is 9.59 Å². The van der Waals surface area contributed by atoms with Crippen molar-refractivity contribution in [3.8, 4) is 0 Å². The fourth-order valence-corrected chi connectivity index (χ4v) is 2.10. The first-order valence-corrected chi connectivity index (χ1v) is 6.65. The Morgan fingerprint density at radius 2 is 1.71 bits per heavy atom. The van der Waals surface area contributed by atoms with Crippen molar-refractivity contribution < 1.29 is 29.4 Å².